The van der Waals surface area contributed by atoms with Crippen LogP contribution >= 0.6 is 11.6 Å². The topological polar surface area (TPSA) is 59.8 Å². The predicted octanol–water partition coefficient (Wildman–Crippen LogP) is 7.17. The molecule has 3 aromatic carbocycles. The van der Waals surface area contributed by atoms with Crippen molar-refractivity contribution in [2.24, 2.45) is 0 Å². The summed E-state index contributed by atoms with van der Waals surface area (Å²) in [6.07, 6.45) is 3.60. The summed E-state index contributed by atoms with van der Waals surface area (Å²) in [7, 11) is 1.35. The molecule has 0 fully saturated rings. The minimum absolute atomic E-state index is 0.167. The zero-order valence-electron chi connectivity index (χ0n) is 19.7. The molecular weight excluding hydrogens is 474 g/mol. The van der Waals surface area contributed by atoms with Gasteiger partial charge in [0.25, 0.3) is 5.91 Å². The van der Waals surface area contributed by atoms with E-state index in [0.717, 1.165) is 28.1 Å². The van der Waals surface area contributed by atoms with E-state index in [1.54, 1.807) is 41.3 Å². The van der Waals surface area contributed by atoms with Gasteiger partial charge in [-0.1, -0.05) is 60.1 Å². The molecular formula is C30H22ClNO4. The fourth-order valence-electron chi connectivity index (χ4n) is 4.13. The number of carbonyl (C=O) groups is 2. The lowest BCUT2D eigenvalue weighted by Gasteiger charge is -2.23. The number of anilines is 1. The highest BCUT2D eigenvalue weighted by Crippen LogP contribution is 2.38. The van der Waals surface area contributed by atoms with E-state index in [-0.39, 0.29) is 5.91 Å². The SMILES string of the molecule is COC(=O)c1ccc(-c2ccc(/C=C3\C=C(c4ccccc4)N(c4cc(Cl)ccc4C)C3=O)o2)cc1. The van der Waals surface area contributed by atoms with Gasteiger partial charge in [-0.15, -0.1) is 0 Å². The summed E-state index contributed by atoms with van der Waals surface area (Å²) in [4.78, 5) is 27.0. The third-order valence-corrected chi connectivity index (χ3v) is 6.21. The average molecular weight is 496 g/mol. The number of carbonyl (C=O) groups excluding carboxylic acids is 2. The number of hydrogen-bond acceptors (Lipinski definition) is 4. The van der Waals surface area contributed by atoms with E-state index >= 15 is 0 Å². The second kappa shape index (κ2) is 9.72. The molecule has 178 valence electrons. The Balaban J connectivity index is 1.51. The highest BCUT2D eigenvalue weighted by Gasteiger charge is 2.31. The fourth-order valence-corrected chi connectivity index (χ4v) is 4.29. The third kappa shape index (κ3) is 4.49. The minimum atomic E-state index is -0.397. The summed E-state index contributed by atoms with van der Waals surface area (Å²) in [5.41, 5.74) is 5.11. The highest BCUT2D eigenvalue weighted by atomic mass is 35.5. The van der Waals surface area contributed by atoms with Crippen molar-refractivity contribution < 1.29 is 18.7 Å². The molecule has 0 atom stereocenters. The van der Waals surface area contributed by atoms with Gasteiger partial charge in [0.05, 0.1) is 24.1 Å². The molecule has 0 radical (unpaired) electrons. The van der Waals surface area contributed by atoms with Gasteiger partial charge >= 0.3 is 5.97 Å². The molecule has 1 aliphatic heterocycles. The number of benzene rings is 3. The van der Waals surface area contributed by atoms with Crippen LogP contribution in [0.2, 0.25) is 5.02 Å². The van der Waals surface area contributed by atoms with Crippen molar-refractivity contribution in [3.8, 4) is 11.3 Å². The number of halogens is 1. The number of aryl methyl sites for hydroxylation is 1. The Morgan fingerprint density at radius 2 is 1.69 bits per heavy atom. The van der Waals surface area contributed by atoms with Crippen molar-refractivity contribution in [3.63, 3.8) is 0 Å². The zero-order chi connectivity index (χ0) is 25.2. The predicted molar refractivity (Wildman–Crippen MR) is 142 cm³/mol. The summed E-state index contributed by atoms with van der Waals surface area (Å²) < 4.78 is 10.8. The van der Waals surface area contributed by atoms with Crippen LogP contribution in [0.4, 0.5) is 5.69 Å². The lowest BCUT2D eigenvalue weighted by molar-refractivity contribution is -0.113. The highest BCUT2D eigenvalue weighted by molar-refractivity contribution is 6.31. The van der Waals surface area contributed by atoms with E-state index in [1.165, 1.54) is 7.11 Å². The molecule has 1 aromatic heterocycles. The molecule has 0 N–H and O–H groups in total. The lowest BCUT2D eigenvalue weighted by atomic mass is 10.1. The van der Waals surface area contributed by atoms with E-state index in [0.29, 0.717) is 27.7 Å². The lowest BCUT2D eigenvalue weighted by Crippen LogP contribution is -2.25. The van der Waals surface area contributed by atoms with Crippen LogP contribution in [0.25, 0.3) is 23.1 Å². The molecule has 36 heavy (non-hydrogen) atoms. The van der Waals surface area contributed by atoms with Crippen molar-refractivity contribution in [2.75, 3.05) is 12.0 Å². The number of rotatable bonds is 5. The first-order valence-electron chi connectivity index (χ1n) is 11.3. The van der Waals surface area contributed by atoms with E-state index in [9.17, 15) is 9.59 Å². The molecule has 2 heterocycles. The maximum atomic E-state index is 13.6. The van der Waals surface area contributed by atoms with E-state index in [1.807, 2.05) is 67.6 Å². The number of furan rings is 1. The van der Waals surface area contributed by atoms with Crippen LogP contribution in [0.1, 0.15) is 27.2 Å². The van der Waals surface area contributed by atoms with Gasteiger partial charge in [0.1, 0.15) is 11.5 Å². The zero-order valence-corrected chi connectivity index (χ0v) is 20.5. The van der Waals surface area contributed by atoms with Gasteiger partial charge in [0, 0.05) is 16.2 Å². The first kappa shape index (κ1) is 23.4. The molecule has 0 unspecified atom stereocenters. The molecule has 4 aromatic rings. The maximum absolute atomic E-state index is 13.6. The van der Waals surface area contributed by atoms with Crippen molar-refractivity contribution >= 4 is 40.9 Å². The van der Waals surface area contributed by atoms with Crippen molar-refractivity contribution in [1.29, 1.82) is 0 Å². The molecule has 5 rings (SSSR count). The van der Waals surface area contributed by atoms with Crippen molar-refractivity contribution in [2.45, 2.75) is 6.92 Å². The summed E-state index contributed by atoms with van der Waals surface area (Å²) >= 11 is 6.29. The Morgan fingerprint density at radius 1 is 0.944 bits per heavy atom. The van der Waals surface area contributed by atoms with E-state index in [2.05, 4.69) is 0 Å². The monoisotopic (exact) mass is 495 g/mol. The normalized spacial score (nSPS) is 14.3. The smallest absolute Gasteiger partial charge is 0.337 e. The van der Waals surface area contributed by atoms with E-state index < -0.39 is 5.97 Å². The molecule has 0 saturated carbocycles. The number of nitrogens with zero attached hydrogens (tertiary/aromatic N) is 1. The molecule has 0 aliphatic carbocycles. The van der Waals surface area contributed by atoms with Gasteiger partial charge < -0.3 is 9.15 Å². The quantitative estimate of drug-likeness (QED) is 0.217. The van der Waals surface area contributed by atoms with Crippen molar-refractivity contribution in [3.05, 3.63) is 124 Å². The van der Waals surface area contributed by atoms with Crippen LogP contribution in [0, 0.1) is 6.92 Å². The first-order valence-corrected chi connectivity index (χ1v) is 11.7. The summed E-state index contributed by atoms with van der Waals surface area (Å²) in [5, 5.41) is 0.558. The number of amides is 1. The average Bonchev–Trinajstić information content (AvgIpc) is 3.50. The Bertz CT molecular complexity index is 1510. The number of methoxy groups -OCH3 is 1. The number of esters is 1. The van der Waals surface area contributed by atoms with Gasteiger partial charge in [-0.3, -0.25) is 9.69 Å². The Hall–Kier alpha value is -4.35. The standard InChI is InChI=1S/C30H22ClNO4/c1-19-8-13-24(31)18-26(19)32-27(20-6-4-3-5-7-20)17-23(29(32)33)16-25-14-15-28(36-25)21-9-11-22(12-10-21)30(34)35-2/h3-18H,1-2H3/b23-16+. The van der Waals surface area contributed by atoms with Gasteiger partial charge in [-0.25, -0.2) is 4.79 Å². The van der Waals surface area contributed by atoms with Crippen LogP contribution in [-0.4, -0.2) is 19.0 Å². The Kier molecular flexibility index (Phi) is 6.32. The number of hydrogen-bond donors (Lipinski definition) is 0. The Morgan fingerprint density at radius 3 is 2.42 bits per heavy atom. The molecule has 5 nitrogen and oxygen atoms in total. The second-order valence-electron chi connectivity index (χ2n) is 8.34. The molecule has 1 amide bonds. The summed E-state index contributed by atoms with van der Waals surface area (Å²) in [6, 6.07) is 25.9. The van der Waals surface area contributed by atoms with Crippen LogP contribution < -0.4 is 4.90 Å². The molecule has 1 aliphatic rings. The summed E-state index contributed by atoms with van der Waals surface area (Å²) in [6.45, 7) is 1.95. The third-order valence-electron chi connectivity index (χ3n) is 5.98. The van der Waals surface area contributed by atoms with Crippen LogP contribution in [0.5, 0.6) is 0 Å². The van der Waals surface area contributed by atoms with Gasteiger partial charge in [-0.05, 0) is 66.6 Å². The van der Waals surface area contributed by atoms with Crippen LogP contribution in [0.3, 0.4) is 0 Å². The van der Waals surface area contributed by atoms with Gasteiger partial charge in [0.2, 0.25) is 0 Å². The van der Waals surface area contributed by atoms with Gasteiger partial charge in [-0.2, -0.15) is 0 Å². The van der Waals surface area contributed by atoms with E-state index in [4.69, 9.17) is 20.8 Å². The maximum Gasteiger partial charge on any atom is 0.337 e. The minimum Gasteiger partial charge on any atom is -0.465 e. The largest absolute Gasteiger partial charge is 0.465 e. The second-order valence-corrected chi connectivity index (χ2v) is 8.77. The number of ether oxygens (including phenoxy) is 1. The Labute approximate surface area is 213 Å². The summed E-state index contributed by atoms with van der Waals surface area (Å²) in [5.74, 6) is 0.600. The van der Waals surface area contributed by atoms with Crippen LogP contribution in [0.15, 0.2) is 101 Å². The molecule has 0 saturated heterocycles. The van der Waals surface area contributed by atoms with Gasteiger partial charge in [0.15, 0.2) is 0 Å². The van der Waals surface area contributed by atoms with Crippen LogP contribution in [-0.2, 0) is 9.53 Å². The molecule has 0 spiro atoms. The fraction of sp³-hybridized carbons (Fsp3) is 0.0667. The first-order chi connectivity index (χ1) is 17.4. The molecule has 0 bridgehead atoms. The molecule has 6 heteroatoms. The van der Waals surface area contributed by atoms with Crippen molar-refractivity contribution in [1.82, 2.24) is 0 Å².